The van der Waals surface area contributed by atoms with E-state index in [4.69, 9.17) is 0 Å². The molecule has 1 aliphatic rings. The van der Waals surface area contributed by atoms with Gasteiger partial charge in [-0.2, -0.15) is 0 Å². The second kappa shape index (κ2) is 11.1. The van der Waals surface area contributed by atoms with Gasteiger partial charge in [0.1, 0.15) is 0 Å². The van der Waals surface area contributed by atoms with Crippen molar-refractivity contribution < 1.29 is 4.79 Å². The molecule has 124 valence electrons. The maximum atomic E-state index is 12.8. The number of piperidine rings is 1. The molecule has 1 aliphatic heterocycles. The van der Waals surface area contributed by atoms with Gasteiger partial charge in [-0.25, -0.2) is 0 Å². The molecule has 0 aromatic carbocycles. The molecule has 0 aromatic heterocycles. The average Bonchev–Trinajstić information content (AvgIpc) is 2.53. The number of unbranched alkanes of at least 4 members (excludes halogenated alkanes) is 4. The molecular formula is C18H36N2O. The highest BCUT2D eigenvalue weighted by Crippen LogP contribution is 2.21. The Bertz CT molecular complexity index is 270. The molecule has 1 rings (SSSR count). The van der Waals surface area contributed by atoms with Crippen LogP contribution < -0.4 is 5.32 Å². The van der Waals surface area contributed by atoms with E-state index in [1.54, 1.807) is 0 Å². The van der Waals surface area contributed by atoms with Gasteiger partial charge in [0.15, 0.2) is 0 Å². The summed E-state index contributed by atoms with van der Waals surface area (Å²) in [6.07, 6.45) is 10.7. The van der Waals surface area contributed by atoms with Gasteiger partial charge in [-0.05, 0) is 38.1 Å². The molecule has 2 unspecified atom stereocenters. The van der Waals surface area contributed by atoms with Gasteiger partial charge in [-0.3, -0.25) is 4.79 Å². The molecule has 1 heterocycles. The average molecular weight is 296 g/mol. The largest absolute Gasteiger partial charge is 0.341 e. The summed E-state index contributed by atoms with van der Waals surface area (Å²) in [4.78, 5) is 15.0. The van der Waals surface area contributed by atoms with Gasteiger partial charge < -0.3 is 10.2 Å². The van der Waals surface area contributed by atoms with Gasteiger partial charge in [0.2, 0.25) is 5.91 Å². The zero-order chi connectivity index (χ0) is 15.5. The third kappa shape index (κ3) is 6.82. The minimum absolute atomic E-state index is 0.0759. The molecular weight excluding hydrogens is 260 g/mol. The summed E-state index contributed by atoms with van der Waals surface area (Å²) in [5, 5.41) is 3.45. The van der Waals surface area contributed by atoms with Crippen LogP contribution in [-0.4, -0.2) is 36.5 Å². The van der Waals surface area contributed by atoms with E-state index in [0.717, 1.165) is 44.8 Å². The Morgan fingerprint density at radius 2 is 1.67 bits per heavy atom. The van der Waals surface area contributed by atoms with Crippen molar-refractivity contribution in [2.45, 2.75) is 84.6 Å². The number of nitrogens with one attached hydrogen (secondary N) is 1. The number of rotatable bonds is 10. The van der Waals surface area contributed by atoms with E-state index in [9.17, 15) is 4.79 Å². The Balaban J connectivity index is 2.50. The smallest absolute Gasteiger partial charge is 0.239 e. The molecule has 0 bridgehead atoms. The molecule has 1 N–H and O–H groups in total. The third-order valence-electron chi connectivity index (χ3n) is 4.76. The van der Waals surface area contributed by atoms with Crippen LogP contribution in [0, 0.1) is 5.92 Å². The van der Waals surface area contributed by atoms with Crippen LogP contribution in [0.5, 0.6) is 0 Å². The molecule has 21 heavy (non-hydrogen) atoms. The first-order valence-corrected chi connectivity index (χ1v) is 9.25. The number of carbonyl (C=O) groups excluding carboxylic acids is 1. The van der Waals surface area contributed by atoms with Crippen LogP contribution >= 0.6 is 0 Å². The quantitative estimate of drug-likeness (QED) is 0.619. The lowest BCUT2D eigenvalue weighted by Crippen LogP contribution is -2.50. The van der Waals surface area contributed by atoms with E-state index in [-0.39, 0.29) is 6.04 Å². The lowest BCUT2D eigenvalue weighted by Gasteiger charge is -2.33. The van der Waals surface area contributed by atoms with E-state index < -0.39 is 0 Å². The maximum Gasteiger partial charge on any atom is 0.239 e. The van der Waals surface area contributed by atoms with Crippen molar-refractivity contribution in [2.75, 3.05) is 19.6 Å². The highest BCUT2D eigenvalue weighted by atomic mass is 16.2. The molecule has 0 saturated carbocycles. The van der Waals surface area contributed by atoms with Gasteiger partial charge in [0, 0.05) is 13.1 Å². The van der Waals surface area contributed by atoms with Gasteiger partial charge in [0.05, 0.1) is 6.04 Å². The van der Waals surface area contributed by atoms with Crippen LogP contribution in [0.25, 0.3) is 0 Å². The summed E-state index contributed by atoms with van der Waals surface area (Å²) < 4.78 is 0. The Morgan fingerprint density at radius 3 is 2.19 bits per heavy atom. The summed E-state index contributed by atoms with van der Waals surface area (Å²) in [5.41, 5.74) is 0. The first-order chi connectivity index (χ1) is 10.2. The minimum atomic E-state index is 0.0759. The van der Waals surface area contributed by atoms with Crippen molar-refractivity contribution in [1.82, 2.24) is 10.2 Å². The van der Waals surface area contributed by atoms with Gasteiger partial charge in [-0.1, -0.05) is 52.9 Å². The molecule has 1 amide bonds. The summed E-state index contributed by atoms with van der Waals surface area (Å²) in [6, 6.07) is 0.0759. The van der Waals surface area contributed by atoms with E-state index in [2.05, 4.69) is 31.0 Å². The SMILES string of the molecule is CCCCCN(CCCCC)C(=O)C1CC(CC)CCN1. The maximum absolute atomic E-state index is 12.8. The van der Waals surface area contributed by atoms with Crippen LogP contribution in [0.4, 0.5) is 0 Å². The van der Waals surface area contributed by atoms with E-state index >= 15 is 0 Å². The Labute approximate surface area is 131 Å². The van der Waals surface area contributed by atoms with E-state index in [1.165, 1.54) is 38.5 Å². The van der Waals surface area contributed by atoms with Crippen molar-refractivity contribution in [3.8, 4) is 0 Å². The van der Waals surface area contributed by atoms with Gasteiger partial charge in [0.25, 0.3) is 0 Å². The Kier molecular flexibility index (Phi) is 9.73. The lowest BCUT2D eigenvalue weighted by molar-refractivity contribution is -0.134. The summed E-state index contributed by atoms with van der Waals surface area (Å²) in [5.74, 6) is 1.09. The van der Waals surface area contributed by atoms with Crippen LogP contribution in [-0.2, 0) is 4.79 Å². The van der Waals surface area contributed by atoms with Crippen molar-refractivity contribution in [1.29, 1.82) is 0 Å². The highest BCUT2D eigenvalue weighted by Gasteiger charge is 2.28. The van der Waals surface area contributed by atoms with Crippen LogP contribution in [0.1, 0.15) is 78.6 Å². The normalized spacial score (nSPS) is 22.2. The van der Waals surface area contributed by atoms with E-state index in [1.807, 2.05) is 0 Å². The first-order valence-electron chi connectivity index (χ1n) is 9.25. The van der Waals surface area contributed by atoms with Crippen molar-refractivity contribution in [2.24, 2.45) is 5.92 Å². The summed E-state index contributed by atoms with van der Waals surface area (Å²) >= 11 is 0. The molecule has 2 atom stereocenters. The third-order valence-corrected chi connectivity index (χ3v) is 4.76. The summed E-state index contributed by atoms with van der Waals surface area (Å²) in [7, 11) is 0. The standard InChI is InChI=1S/C18H36N2O/c1-4-7-9-13-20(14-10-8-5-2)18(21)17-15-16(6-3)11-12-19-17/h16-17,19H,4-15H2,1-3H3. The zero-order valence-corrected chi connectivity index (χ0v) is 14.5. The summed E-state index contributed by atoms with van der Waals surface area (Å²) in [6.45, 7) is 9.59. The predicted octanol–water partition coefficient (Wildman–Crippen LogP) is 3.97. The number of carbonyl (C=O) groups is 1. The van der Waals surface area contributed by atoms with Crippen LogP contribution in [0.15, 0.2) is 0 Å². The number of hydrogen-bond acceptors (Lipinski definition) is 2. The number of hydrogen-bond donors (Lipinski definition) is 1. The Hall–Kier alpha value is -0.570. The fraction of sp³-hybridized carbons (Fsp3) is 0.944. The molecule has 3 nitrogen and oxygen atoms in total. The van der Waals surface area contributed by atoms with Gasteiger partial charge >= 0.3 is 0 Å². The molecule has 0 aromatic rings. The molecule has 0 aliphatic carbocycles. The lowest BCUT2D eigenvalue weighted by atomic mass is 9.90. The van der Waals surface area contributed by atoms with Gasteiger partial charge in [-0.15, -0.1) is 0 Å². The number of amides is 1. The molecule has 3 heteroatoms. The van der Waals surface area contributed by atoms with Crippen molar-refractivity contribution in [3.63, 3.8) is 0 Å². The second-order valence-corrected chi connectivity index (χ2v) is 6.54. The van der Waals surface area contributed by atoms with Crippen LogP contribution in [0.2, 0.25) is 0 Å². The molecule has 0 spiro atoms. The monoisotopic (exact) mass is 296 g/mol. The minimum Gasteiger partial charge on any atom is -0.341 e. The highest BCUT2D eigenvalue weighted by molar-refractivity contribution is 5.82. The van der Waals surface area contributed by atoms with Crippen molar-refractivity contribution in [3.05, 3.63) is 0 Å². The molecule has 0 radical (unpaired) electrons. The fourth-order valence-electron chi connectivity index (χ4n) is 3.21. The Morgan fingerprint density at radius 1 is 1.05 bits per heavy atom. The predicted molar refractivity (Wildman–Crippen MR) is 90.4 cm³/mol. The fourth-order valence-corrected chi connectivity index (χ4v) is 3.21. The van der Waals surface area contributed by atoms with E-state index in [0.29, 0.717) is 5.91 Å². The van der Waals surface area contributed by atoms with Crippen molar-refractivity contribution >= 4 is 5.91 Å². The zero-order valence-electron chi connectivity index (χ0n) is 14.5. The van der Waals surface area contributed by atoms with Crippen LogP contribution in [0.3, 0.4) is 0 Å². The number of nitrogens with zero attached hydrogens (tertiary/aromatic N) is 1. The molecule has 1 fully saturated rings. The molecule has 1 saturated heterocycles. The topological polar surface area (TPSA) is 32.3 Å². The second-order valence-electron chi connectivity index (χ2n) is 6.54. The first kappa shape index (κ1) is 18.5.